The summed E-state index contributed by atoms with van der Waals surface area (Å²) in [4.78, 5) is 17.0. The molecule has 26 heavy (non-hydrogen) atoms. The molecular formula is C17H18F3N3O3. The first-order valence-electron chi connectivity index (χ1n) is 8.00. The molecule has 3 rings (SSSR count). The first-order chi connectivity index (χ1) is 12.3. The molecular weight excluding hydrogens is 351 g/mol. The molecule has 1 aromatic heterocycles. The summed E-state index contributed by atoms with van der Waals surface area (Å²) in [5.41, 5.74) is -1.00. The number of hydrogen-bond acceptors (Lipinski definition) is 5. The highest BCUT2D eigenvalue weighted by atomic mass is 19.4. The molecule has 0 bridgehead atoms. The van der Waals surface area contributed by atoms with E-state index < -0.39 is 23.2 Å². The van der Waals surface area contributed by atoms with E-state index in [9.17, 15) is 18.0 Å². The van der Waals surface area contributed by atoms with Gasteiger partial charge in [-0.3, -0.25) is 4.79 Å². The van der Waals surface area contributed by atoms with Crippen LogP contribution in [0.3, 0.4) is 0 Å². The van der Waals surface area contributed by atoms with E-state index in [4.69, 9.17) is 9.47 Å². The van der Waals surface area contributed by atoms with Crippen LogP contribution in [0.5, 0.6) is 0 Å². The van der Waals surface area contributed by atoms with Gasteiger partial charge in [0.25, 0.3) is 0 Å². The molecule has 140 valence electrons. The number of ketones is 1. The van der Waals surface area contributed by atoms with Crippen LogP contribution in [-0.4, -0.2) is 40.6 Å². The fourth-order valence-electron chi connectivity index (χ4n) is 2.92. The summed E-state index contributed by atoms with van der Waals surface area (Å²) < 4.78 is 50.1. The Hall–Kier alpha value is -2.26. The summed E-state index contributed by atoms with van der Waals surface area (Å²) in [5.74, 6) is -0.164. The smallest absolute Gasteiger partial charge is 0.354 e. The SMILES string of the molecule is CC1(C(=O)C(Cc2ccc(C(F)(F)F)cc2)n2cncn2)COCOC1. The molecule has 1 aliphatic rings. The van der Waals surface area contributed by atoms with Crippen molar-refractivity contribution in [2.75, 3.05) is 20.0 Å². The topological polar surface area (TPSA) is 66.2 Å². The van der Waals surface area contributed by atoms with Crippen LogP contribution in [0.4, 0.5) is 13.2 Å². The summed E-state index contributed by atoms with van der Waals surface area (Å²) in [5, 5.41) is 4.04. The molecule has 0 radical (unpaired) electrons. The van der Waals surface area contributed by atoms with Crippen LogP contribution in [0.1, 0.15) is 24.1 Å². The van der Waals surface area contributed by atoms with Gasteiger partial charge >= 0.3 is 6.18 Å². The van der Waals surface area contributed by atoms with Gasteiger partial charge in [-0.15, -0.1) is 0 Å². The van der Waals surface area contributed by atoms with Crippen molar-refractivity contribution >= 4 is 5.78 Å². The Kier molecular flexibility index (Phi) is 5.10. The number of aromatic nitrogens is 3. The van der Waals surface area contributed by atoms with Crippen LogP contribution in [0.2, 0.25) is 0 Å². The van der Waals surface area contributed by atoms with E-state index in [0.29, 0.717) is 5.56 Å². The number of carbonyl (C=O) groups excluding carboxylic acids is 1. The molecule has 1 aromatic carbocycles. The Balaban J connectivity index is 1.84. The Morgan fingerprint density at radius 3 is 2.46 bits per heavy atom. The molecule has 0 aliphatic carbocycles. The molecule has 0 saturated carbocycles. The van der Waals surface area contributed by atoms with Crippen LogP contribution >= 0.6 is 0 Å². The largest absolute Gasteiger partial charge is 0.416 e. The lowest BCUT2D eigenvalue weighted by molar-refractivity contribution is -0.174. The van der Waals surface area contributed by atoms with Crippen molar-refractivity contribution in [2.24, 2.45) is 5.41 Å². The van der Waals surface area contributed by atoms with Gasteiger partial charge in [0.15, 0.2) is 5.78 Å². The minimum absolute atomic E-state index is 0.135. The second-order valence-corrected chi connectivity index (χ2v) is 6.53. The number of rotatable bonds is 5. The standard InChI is InChI=1S/C17H18F3N3O3/c1-16(7-25-11-26-8-16)15(24)14(23-10-21-9-22-23)6-12-2-4-13(5-3-12)17(18,19)20/h2-5,9-10,14H,6-8,11H2,1H3. The molecule has 2 aromatic rings. The van der Waals surface area contributed by atoms with Crippen LogP contribution in [-0.2, 0) is 26.9 Å². The predicted octanol–water partition coefficient (Wildman–Crippen LogP) is 2.66. The maximum atomic E-state index is 13.1. The van der Waals surface area contributed by atoms with E-state index in [2.05, 4.69) is 10.1 Å². The zero-order chi connectivity index (χ0) is 18.8. The van der Waals surface area contributed by atoms with Gasteiger partial charge in [-0.05, 0) is 24.6 Å². The van der Waals surface area contributed by atoms with E-state index in [0.717, 1.165) is 12.1 Å². The lowest BCUT2D eigenvalue weighted by Crippen LogP contribution is -2.45. The van der Waals surface area contributed by atoms with Crippen molar-refractivity contribution < 1.29 is 27.4 Å². The number of carbonyl (C=O) groups is 1. The highest BCUT2D eigenvalue weighted by Gasteiger charge is 2.41. The van der Waals surface area contributed by atoms with E-state index in [1.807, 2.05) is 0 Å². The fraction of sp³-hybridized carbons (Fsp3) is 0.471. The molecule has 0 amide bonds. The molecule has 2 heterocycles. The van der Waals surface area contributed by atoms with Crippen molar-refractivity contribution in [2.45, 2.75) is 25.6 Å². The lowest BCUT2D eigenvalue weighted by Gasteiger charge is -2.34. The Morgan fingerprint density at radius 1 is 1.27 bits per heavy atom. The van der Waals surface area contributed by atoms with Gasteiger partial charge in [0, 0.05) is 6.42 Å². The number of nitrogens with zero attached hydrogens (tertiary/aromatic N) is 3. The number of ether oxygens (including phenoxy) is 2. The molecule has 1 saturated heterocycles. The minimum Gasteiger partial charge on any atom is -0.354 e. The van der Waals surface area contributed by atoms with Crippen molar-refractivity contribution in [1.29, 1.82) is 0 Å². The summed E-state index contributed by atoms with van der Waals surface area (Å²) in [7, 11) is 0. The molecule has 9 heteroatoms. The van der Waals surface area contributed by atoms with Crippen molar-refractivity contribution in [3.05, 3.63) is 48.0 Å². The maximum Gasteiger partial charge on any atom is 0.416 e. The van der Waals surface area contributed by atoms with Crippen LogP contribution in [0, 0.1) is 5.41 Å². The van der Waals surface area contributed by atoms with Crippen molar-refractivity contribution in [1.82, 2.24) is 14.8 Å². The van der Waals surface area contributed by atoms with Crippen molar-refractivity contribution in [3.8, 4) is 0 Å². The first kappa shape index (κ1) is 18.5. The summed E-state index contributed by atoms with van der Waals surface area (Å²) >= 11 is 0. The zero-order valence-corrected chi connectivity index (χ0v) is 14.1. The van der Waals surface area contributed by atoms with Gasteiger partial charge in [-0.1, -0.05) is 12.1 Å². The minimum atomic E-state index is -4.40. The Morgan fingerprint density at radius 2 is 1.92 bits per heavy atom. The summed E-state index contributed by atoms with van der Waals surface area (Å²) in [6, 6.07) is 4.04. The van der Waals surface area contributed by atoms with Gasteiger partial charge in [0.05, 0.1) is 24.2 Å². The zero-order valence-electron chi connectivity index (χ0n) is 14.1. The number of halogens is 3. The van der Waals surface area contributed by atoms with Gasteiger partial charge in [-0.2, -0.15) is 18.3 Å². The third kappa shape index (κ3) is 3.94. The number of Topliss-reactive ketones (excluding diaryl/α,β-unsaturated/α-hetero) is 1. The number of alkyl halides is 3. The Labute approximate surface area is 147 Å². The Bertz CT molecular complexity index is 739. The second kappa shape index (κ2) is 7.16. The number of hydrogen-bond donors (Lipinski definition) is 0. The molecule has 6 nitrogen and oxygen atoms in total. The summed E-state index contributed by atoms with van der Waals surface area (Å²) in [6.07, 6.45) is -1.48. The molecule has 1 aliphatic heterocycles. The van der Waals surface area contributed by atoms with E-state index >= 15 is 0 Å². The highest BCUT2D eigenvalue weighted by Crippen LogP contribution is 2.32. The molecule has 1 unspecified atom stereocenters. The summed E-state index contributed by atoms with van der Waals surface area (Å²) in [6.45, 7) is 2.30. The first-order valence-corrected chi connectivity index (χ1v) is 8.00. The van der Waals surface area contributed by atoms with E-state index in [1.165, 1.54) is 29.5 Å². The average molecular weight is 369 g/mol. The van der Waals surface area contributed by atoms with Gasteiger partial charge in [0.2, 0.25) is 0 Å². The third-order valence-corrected chi connectivity index (χ3v) is 4.37. The maximum absolute atomic E-state index is 13.1. The highest BCUT2D eigenvalue weighted by molar-refractivity contribution is 5.88. The van der Waals surface area contributed by atoms with E-state index in [1.54, 1.807) is 6.92 Å². The van der Waals surface area contributed by atoms with Crippen LogP contribution < -0.4 is 0 Å². The van der Waals surface area contributed by atoms with Gasteiger partial charge in [0.1, 0.15) is 25.5 Å². The molecule has 0 N–H and O–H groups in total. The van der Waals surface area contributed by atoms with Crippen molar-refractivity contribution in [3.63, 3.8) is 0 Å². The lowest BCUT2D eigenvalue weighted by atomic mass is 9.81. The van der Waals surface area contributed by atoms with Crippen LogP contribution in [0.15, 0.2) is 36.9 Å². The van der Waals surface area contributed by atoms with E-state index in [-0.39, 0.29) is 32.2 Å². The monoisotopic (exact) mass is 369 g/mol. The predicted molar refractivity (Wildman–Crippen MR) is 84.1 cm³/mol. The normalized spacial score (nSPS) is 18.5. The van der Waals surface area contributed by atoms with Crippen LogP contribution in [0.25, 0.3) is 0 Å². The van der Waals surface area contributed by atoms with Gasteiger partial charge < -0.3 is 9.47 Å². The quantitative estimate of drug-likeness (QED) is 0.811. The molecule has 1 atom stereocenters. The second-order valence-electron chi connectivity index (χ2n) is 6.53. The van der Waals surface area contributed by atoms with Gasteiger partial charge in [-0.25, -0.2) is 9.67 Å². The molecule has 0 spiro atoms. The third-order valence-electron chi connectivity index (χ3n) is 4.37. The number of benzene rings is 1. The average Bonchev–Trinajstić information content (AvgIpc) is 3.14. The molecule has 1 fully saturated rings. The fourth-order valence-corrected chi connectivity index (χ4v) is 2.92.